The van der Waals surface area contributed by atoms with Gasteiger partial charge in [-0.3, -0.25) is 5.43 Å². The number of rotatable bonds is 6. The highest BCUT2D eigenvalue weighted by molar-refractivity contribution is 7.80. The molecule has 2 rings (SSSR count). The molecule has 126 valence electrons. The first-order chi connectivity index (χ1) is 11.6. The van der Waals surface area contributed by atoms with Crippen LogP contribution in [0.25, 0.3) is 0 Å². The fraction of sp³-hybridized carbons (Fsp3) is 0.176. The van der Waals surface area contributed by atoms with Crippen molar-refractivity contribution in [2.75, 3.05) is 14.2 Å². The van der Waals surface area contributed by atoms with Crippen molar-refractivity contribution in [1.29, 1.82) is 0 Å². The molecule has 0 bridgehead atoms. The van der Waals surface area contributed by atoms with Gasteiger partial charge in [-0.05, 0) is 53.7 Å². The maximum Gasteiger partial charge on any atom is 0.186 e. The van der Waals surface area contributed by atoms with Gasteiger partial charge in [0.25, 0.3) is 0 Å². The molecule has 0 spiro atoms. The van der Waals surface area contributed by atoms with Crippen molar-refractivity contribution in [2.45, 2.75) is 6.61 Å². The molecule has 0 saturated carbocycles. The molecule has 0 atom stereocenters. The summed E-state index contributed by atoms with van der Waals surface area (Å²) in [6.07, 6.45) is 1.65. The number of nitrogens with zero attached hydrogens (tertiary/aromatic N) is 1. The monoisotopic (exact) mass is 363 g/mol. The molecule has 0 aliphatic heterocycles. The number of hydrogen-bond donors (Lipinski definition) is 2. The molecule has 7 heteroatoms. The Morgan fingerprint density at radius 1 is 1.21 bits per heavy atom. The largest absolute Gasteiger partial charge is 0.493 e. The van der Waals surface area contributed by atoms with E-state index in [2.05, 4.69) is 15.8 Å². The lowest BCUT2D eigenvalue weighted by molar-refractivity contribution is 0.284. The van der Waals surface area contributed by atoms with Crippen molar-refractivity contribution in [1.82, 2.24) is 10.7 Å². The van der Waals surface area contributed by atoms with Crippen LogP contribution in [0.4, 0.5) is 0 Å². The van der Waals surface area contributed by atoms with Crippen LogP contribution in [0.15, 0.2) is 47.6 Å². The normalized spacial score (nSPS) is 10.5. The van der Waals surface area contributed by atoms with Crippen molar-refractivity contribution in [3.8, 4) is 11.5 Å². The summed E-state index contributed by atoms with van der Waals surface area (Å²) in [7, 11) is 3.32. The minimum absolute atomic E-state index is 0.430. The fourth-order valence-corrected chi connectivity index (χ4v) is 2.03. The quantitative estimate of drug-likeness (QED) is 0.468. The summed E-state index contributed by atoms with van der Waals surface area (Å²) in [6, 6.07) is 13.1. The molecule has 2 aromatic rings. The average molecular weight is 364 g/mol. The first-order valence-electron chi connectivity index (χ1n) is 7.18. The number of nitrogens with one attached hydrogen (secondary N) is 2. The molecule has 0 radical (unpaired) electrons. The molecule has 0 aromatic heterocycles. The van der Waals surface area contributed by atoms with Crippen LogP contribution in [-0.4, -0.2) is 25.5 Å². The van der Waals surface area contributed by atoms with Gasteiger partial charge >= 0.3 is 0 Å². The first-order valence-corrected chi connectivity index (χ1v) is 7.97. The van der Waals surface area contributed by atoms with E-state index < -0.39 is 0 Å². The lowest BCUT2D eigenvalue weighted by Gasteiger charge is -2.11. The van der Waals surface area contributed by atoms with Gasteiger partial charge in [0.2, 0.25) is 0 Å². The van der Waals surface area contributed by atoms with Gasteiger partial charge in [-0.15, -0.1) is 0 Å². The standard InChI is InChI=1S/C17H18ClN3O2S/c1-19-17(24)21-20-10-13-5-8-15(16(9-13)22-2)23-11-12-3-6-14(18)7-4-12/h3-10H,11H2,1-2H3,(H2,19,21,24)/b20-10+. The van der Waals surface area contributed by atoms with Crippen molar-refractivity contribution in [3.63, 3.8) is 0 Å². The van der Waals surface area contributed by atoms with Gasteiger partial charge in [0.05, 0.1) is 13.3 Å². The van der Waals surface area contributed by atoms with Crippen LogP contribution < -0.4 is 20.2 Å². The Morgan fingerprint density at radius 2 is 1.96 bits per heavy atom. The number of ether oxygens (including phenoxy) is 2. The summed E-state index contributed by atoms with van der Waals surface area (Å²) in [5.41, 5.74) is 4.57. The Balaban J connectivity index is 2.02. The molecule has 2 N–H and O–H groups in total. The Labute approximate surface area is 151 Å². The van der Waals surface area contributed by atoms with Gasteiger partial charge in [-0.25, -0.2) is 0 Å². The number of methoxy groups -OCH3 is 1. The van der Waals surface area contributed by atoms with Crippen molar-refractivity contribution in [3.05, 3.63) is 58.6 Å². The summed E-state index contributed by atoms with van der Waals surface area (Å²) >= 11 is 10.8. The Hall–Kier alpha value is -2.31. The SMILES string of the molecule is CNC(=S)N/N=C/c1ccc(OCc2ccc(Cl)cc2)c(OC)c1. The second-order valence-corrected chi connectivity index (χ2v) is 5.62. The molecule has 24 heavy (non-hydrogen) atoms. The van der Waals surface area contributed by atoms with E-state index >= 15 is 0 Å². The van der Waals surface area contributed by atoms with Gasteiger partial charge in [-0.2, -0.15) is 5.10 Å². The van der Waals surface area contributed by atoms with Crippen LogP contribution >= 0.6 is 23.8 Å². The number of thiocarbonyl (C=S) groups is 1. The van der Waals surface area contributed by atoms with Crippen molar-refractivity contribution in [2.24, 2.45) is 5.10 Å². The maximum absolute atomic E-state index is 5.87. The highest BCUT2D eigenvalue weighted by atomic mass is 35.5. The van der Waals surface area contributed by atoms with Gasteiger partial charge < -0.3 is 14.8 Å². The van der Waals surface area contributed by atoms with E-state index in [0.717, 1.165) is 11.1 Å². The summed E-state index contributed by atoms with van der Waals surface area (Å²) in [5, 5.41) is 7.95. The van der Waals surface area contributed by atoms with Gasteiger partial charge in [0.15, 0.2) is 16.6 Å². The molecule has 0 aliphatic carbocycles. The zero-order valence-electron chi connectivity index (χ0n) is 13.4. The highest BCUT2D eigenvalue weighted by Crippen LogP contribution is 2.28. The molecule has 2 aromatic carbocycles. The second kappa shape index (κ2) is 9.10. The van der Waals surface area contributed by atoms with E-state index in [-0.39, 0.29) is 0 Å². The van der Waals surface area contributed by atoms with Gasteiger partial charge in [0.1, 0.15) is 6.61 Å². The van der Waals surface area contributed by atoms with E-state index in [1.807, 2.05) is 42.5 Å². The fourth-order valence-electron chi connectivity index (χ4n) is 1.85. The second-order valence-electron chi connectivity index (χ2n) is 4.77. The Bertz CT molecular complexity index is 720. The molecule has 0 fully saturated rings. The van der Waals surface area contributed by atoms with Crippen LogP contribution in [0, 0.1) is 0 Å². The van der Waals surface area contributed by atoms with Crippen LogP contribution in [0.3, 0.4) is 0 Å². The summed E-state index contributed by atoms with van der Waals surface area (Å²) in [5.74, 6) is 1.28. The number of hydrazone groups is 1. The maximum atomic E-state index is 5.87. The van der Waals surface area contributed by atoms with E-state index in [0.29, 0.717) is 28.2 Å². The lowest BCUT2D eigenvalue weighted by Crippen LogP contribution is -2.28. The summed E-state index contributed by atoms with van der Waals surface area (Å²) < 4.78 is 11.2. The van der Waals surface area contributed by atoms with Crippen LogP contribution in [0.1, 0.15) is 11.1 Å². The predicted octanol–water partition coefficient (Wildman–Crippen LogP) is 3.36. The zero-order valence-corrected chi connectivity index (χ0v) is 14.9. The highest BCUT2D eigenvalue weighted by Gasteiger charge is 2.06. The van der Waals surface area contributed by atoms with Crippen molar-refractivity contribution < 1.29 is 9.47 Å². The molecule has 0 saturated heterocycles. The van der Waals surface area contributed by atoms with Crippen LogP contribution in [-0.2, 0) is 6.61 Å². The summed E-state index contributed by atoms with van der Waals surface area (Å²) in [6.45, 7) is 0.430. The average Bonchev–Trinajstić information content (AvgIpc) is 2.61. The Morgan fingerprint density at radius 3 is 2.62 bits per heavy atom. The third kappa shape index (κ3) is 5.40. The third-order valence-corrected chi connectivity index (χ3v) is 3.65. The molecule has 0 heterocycles. The number of benzene rings is 2. The molecule has 0 amide bonds. The van der Waals surface area contributed by atoms with Gasteiger partial charge in [-0.1, -0.05) is 23.7 Å². The number of halogens is 1. The van der Waals surface area contributed by atoms with Crippen molar-refractivity contribution >= 4 is 35.1 Å². The molecule has 5 nitrogen and oxygen atoms in total. The molecule has 0 unspecified atom stereocenters. The minimum Gasteiger partial charge on any atom is -0.493 e. The molecule has 0 aliphatic rings. The van der Waals surface area contributed by atoms with Crippen LogP contribution in [0.2, 0.25) is 5.02 Å². The molecular weight excluding hydrogens is 346 g/mol. The van der Waals surface area contributed by atoms with Gasteiger partial charge in [0, 0.05) is 12.1 Å². The Kier molecular flexibility index (Phi) is 6.84. The minimum atomic E-state index is 0.430. The third-order valence-electron chi connectivity index (χ3n) is 3.10. The lowest BCUT2D eigenvalue weighted by atomic mass is 10.2. The first kappa shape index (κ1) is 18.0. The van der Waals surface area contributed by atoms with E-state index in [4.69, 9.17) is 33.3 Å². The smallest absolute Gasteiger partial charge is 0.186 e. The van der Waals surface area contributed by atoms with E-state index in [1.54, 1.807) is 20.4 Å². The predicted molar refractivity (Wildman–Crippen MR) is 101 cm³/mol. The summed E-state index contributed by atoms with van der Waals surface area (Å²) in [4.78, 5) is 0. The van der Waals surface area contributed by atoms with Crippen LogP contribution in [0.5, 0.6) is 11.5 Å². The molecular formula is C17H18ClN3O2S. The van der Waals surface area contributed by atoms with E-state index in [1.165, 1.54) is 0 Å². The number of hydrogen-bond acceptors (Lipinski definition) is 4. The van der Waals surface area contributed by atoms with E-state index in [9.17, 15) is 0 Å². The topological polar surface area (TPSA) is 54.9 Å². The zero-order chi connectivity index (χ0) is 17.4.